The fourth-order valence-electron chi connectivity index (χ4n) is 2.08. The van der Waals surface area contributed by atoms with Gasteiger partial charge in [-0.25, -0.2) is 4.68 Å². The Morgan fingerprint density at radius 2 is 2.42 bits per heavy atom. The van der Waals surface area contributed by atoms with Crippen LogP contribution in [0.4, 0.5) is 0 Å². The molecule has 1 atom stereocenters. The van der Waals surface area contributed by atoms with E-state index in [9.17, 15) is 4.79 Å². The molecular formula is C14H22N2O3. The molecule has 1 aromatic heterocycles. The van der Waals surface area contributed by atoms with Gasteiger partial charge in [0, 0.05) is 26.2 Å². The molecule has 0 N–H and O–H groups in total. The number of rotatable bonds is 7. The molecule has 5 nitrogen and oxygen atoms in total. The quantitative estimate of drug-likeness (QED) is 0.561. The molecule has 0 aromatic carbocycles. The predicted octanol–water partition coefficient (Wildman–Crippen LogP) is 2.30. The van der Waals surface area contributed by atoms with Crippen molar-refractivity contribution in [1.29, 1.82) is 0 Å². The van der Waals surface area contributed by atoms with Crippen molar-refractivity contribution < 1.29 is 14.3 Å². The third-order valence-corrected chi connectivity index (χ3v) is 3.03. The van der Waals surface area contributed by atoms with Gasteiger partial charge in [-0.1, -0.05) is 13.8 Å². The molecule has 0 spiro atoms. The minimum atomic E-state index is -0.0239. The summed E-state index contributed by atoms with van der Waals surface area (Å²) < 4.78 is 13.1. The first-order chi connectivity index (χ1) is 9.06. The molecule has 106 valence electrons. The fraction of sp³-hybridized carbons (Fsp3) is 0.714. The van der Waals surface area contributed by atoms with Crippen LogP contribution in [0.25, 0.3) is 0 Å². The Morgan fingerprint density at radius 1 is 1.63 bits per heavy atom. The zero-order valence-corrected chi connectivity index (χ0v) is 11.9. The molecule has 1 aromatic rings. The van der Waals surface area contributed by atoms with Crippen molar-refractivity contribution in [2.45, 2.75) is 46.3 Å². The summed E-state index contributed by atoms with van der Waals surface area (Å²) in [5, 5.41) is 4.22. The first kappa shape index (κ1) is 14.1. The highest BCUT2D eigenvalue weighted by atomic mass is 16.5. The van der Waals surface area contributed by atoms with E-state index in [-0.39, 0.29) is 11.9 Å². The van der Waals surface area contributed by atoms with Crippen LogP contribution in [0.2, 0.25) is 0 Å². The molecule has 0 aliphatic carbocycles. The van der Waals surface area contributed by atoms with E-state index in [0.717, 1.165) is 32.6 Å². The zero-order valence-electron chi connectivity index (χ0n) is 11.9. The van der Waals surface area contributed by atoms with Gasteiger partial charge in [0.15, 0.2) is 5.78 Å². The molecule has 0 saturated carbocycles. The largest absolute Gasteiger partial charge is 0.473 e. The highest BCUT2D eigenvalue weighted by molar-refractivity contribution is 5.92. The average Bonchev–Trinajstić information content (AvgIpc) is 2.85. The Labute approximate surface area is 113 Å². The highest BCUT2D eigenvalue weighted by Crippen LogP contribution is 2.24. The summed E-state index contributed by atoms with van der Waals surface area (Å²) in [4.78, 5) is 11.2. The second-order valence-corrected chi connectivity index (χ2v) is 5.46. The van der Waals surface area contributed by atoms with Crippen LogP contribution >= 0.6 is 0 Å². The number of aromatic nitrogens is 2. The van der Waals surface area contributed by atoms with Gasteiger partial charge in [0.25, 0.3) is 0 Å². The second kappa shape index (κ2) is 6.19. The van der Waals surface area contributed by atoms with Crippen LogP contribution in [0, 0.1) is 5.92 Å². The molecule has 2 rings (SSSR count). The van der Waals surface area contributed by atoms with Crippen molar-refractivity contribution in [3.63, 3.8) is 0 Å². The van der Waals surface area contributed by atoms with Crippen LogP contribution in [-0.2, 0) is 11.3 Å². The number of carbonyl (C=O) groups is 1. The number of carbonyl (C=O) groups excluding carboxylic acids is 1. The summed E-state index contributed by atoms with van der Waals surface area (Å²) in [5.41, 5.74) is 0.480. The van der Waals surface area contributed by atoms with Gasteiger partial charge in [-0.05, 0) is 18.8 Å². The number of Topliss-reactive ketones (excluding diaryl/α,β-unsaturated/α-hetero) is 1. The van der Waals surface area contributed by atoms with Gasteiger partial charge in [-0.3, -0.25) is 4.79 Å². The van der Waals surface area contributed by atoms with Crippen LogP contribution in [0.1, 0.15) is 44.1 Å². The molecule has 1 aliphatic heterocycles. The van der Waals surface area contributed by atoms with Gasteiger partial charge in [0.1, 0.15) is 11.8 Å². The van der Waals surface area contributed by atoms with Crippen LogP contribution in [-0.4, -0.2) is 34.9 Å². The van der Waals surface area contributed by atoms with Crippen molar-refractivity contribution >= 4 is 5.78 Å². The molecule has 0 fully saturated rings. The van der Waals surface area contributed by atoms with Crippen LogP contribution in [0.15, 0.2) is 6.07 Å². The molecule has 1 aliphatic rings. The molecule has 0 radical (unpaired) electrons. The topological polar surface area (TPSA) is 53.4 Å². The Balaban J connectivity index is 1.69. The number of hydrogen-bond donors (Lipinski definition) is 0. The van der Waals surface area contributed by atoms with Crippen molar-refractivity contribution in [3.05, 3.63) is 11.8 Å². The van der Waals surface area contributed by atoms with Crippen molar-refractivity contribution in [1.82, 2.24) is 9.78 Å². The van der Waals surface area contributed by atoms with Crippen molar-refractivity contribution in [2.75, 3.05) is 13.2 Å². The molecular weight excluding hydrogens is 244 g/mol. The van der Waals surface area contributed by atoms with E-state index in [1.807, 2.05) is 0 Å². The van der Waals surface area contributed by atoms with E-state index in [0.29, 0.717) is 17.5 Å². The first-order valence-corrected chi connectivity index (χ1v) is 6.89. The SMILES string of the molecule is CC(=O)c1cc2n(n1)CC(CCCOCC(C)C)O2. The lowest BCUT2D eigenvalue weighted by Gasteiger charge is -2.10. The Hall–Kier alpha value is -1.36. The lowest BCUT2D eigenvalue weighted by atomic mass is 10.2. The van der Waals surface area contributed by atoms with Gasteiger partial charge >= 0.3 is 0 Å². The summed E-state index contributed by atoms with van der Waals surface area (Å²) in [6, 6.07) is 1.72. The highest BCUT2D eigenvalue weighted by Gasteiger charge is 2.25. The minimum Gasteiger partial charge on any atom is -0.473 e. The summed E-state index contributed by atoms with van der Waals surface area (Å²) in [5.74, 6) is 1.26. The predicted molar refractivity (Wildman–Crippen MR) is 71.5 cm³/mol. The monoisotopic (exact) mass is 266 g/mol. The number of ether oxygens (including phenoxy) is 2. The zero-order chi connectivity index (χ0) is 13.8. The van der Waals surface area contributed by atoms with E-state index in [4.69, 9.17) is 9.47 Å². The van der Waals surface area contributed by atoms with Gasteiger partial charge < -0.3 is 9.47 Å². The Morgan fingerprint density at radius 3 is 3.05 bits per heavy atom. The second-order valence-electron chi connectivity index (χ2n) is 5.46. The summed E-state index contributed by atoms with van der Waals surface area (Å²) in [6.45, 7) is 8.12. The molecule has 0 saturated heterocycles. The van der Waals surface area contributed by atoms with Gasteiger partial charge in [0.2, 0.25) is 5.88 Å². The van der Waals surface area contributed by atoms with Crippen LogP contribution in [0.5, 0.6) is 5.88 Å². The van der Waals surface area contributed by atoms with E-state index in [1.54, 1.807) is 10.7 Å². The van der Waals surface area contributed by atoms with Gasteiger partial charge in [-0.15, -0.1) is 0 Å². The number of fused-ring (bicyclic) bond motifs is 1. The maximum Gasteiger partial charge on any atom is 0.212 e. The first-order valence-electron chi connectivity index (χ1n) is 6.89. The van der Waals surface area contributed by atoms with Crippen molar-refractivity contribution in [3.8, 4) is 5.88 Å². The summed E-state index contributed by atoms with van der Waals surface area (Å²) >= 11 is 0. The van der Waals surface area contributed by atoms with Crippen LogP contribution in [0.3, 0.4) is 0 Å². The van der Waals surface area contributed by atoms with E-state index < -0.39 is 0 Å². The number of nitrogens with zero attached hydrogens (tertiary/aromatic N) is 2. The number of hydrogen-bond acceptors (Lipinski definition) is 4. The fourth-order valence-corrected chi connectivity index (χ4v) is 2.08. The average molecular weight is 266 g/mol. The molecule has 1 unspecified atom stereocenters. The summed E-state index contributed by atoms with van der Waals surface area (Å²) in [6.07, 6.45) is 2.10. The van der Waals surface area contributed by atoms with Gasteiger partial charge in [-0.2, -0.15) is 5.10 Å². The smallest absolute Gasteiger partial charge is 0.212 e. The summed E-state index contributed by atoms with van der Waals surface area (Å²) in [7, 11) is 0. The normalized spacial score (nSPS) is 17.6. The molecule has 0 bridgehead atoms. The van der Waals surface area contributed by atoms with E-state index in [2.05, 4.69) is 18.9 Å². The van der Waals surface area contributed by atoms with E-state index >= 15 is 0 Å². The Bertz CT molecular complexity index is 416. The molecule has 2 heterocycles. The van der Waals surface area contributed by atoms with E-state index in [1.165, 1.54) is 6.92 Å². The third-order valence-electron chi connectivity index (χ3n) is 3.03. The Kier molecular flexibility index (Phi) is 4.58. The minimum absolute atomic E-state index is 0.0239. The maximum atomic E-state index is 11.2. The number of ketones is 1. The standard InChI is InChI=1S/C14H22N2O3/c1-10(2)9-18-6-4-5-12-8-16-14(19-12)7-13(15-16)11(3)17/h7,10,12H,4-6,8-9H2,1-3H3. The molecule has 5 heteroatoms. The lowest BCUT2D eigenvalue weighted by Crippen LogP contribution is -2.16. The lowest BCUT2D eigenvalue weighted by molar-refractivity contribution is 0.0972. The molecule has 0 amide bonds. The maximum absolute atomic E-state index is 11.2. The van der Waals surface area contributed by atoms with Crippen LogP contribution < -0.4 is 4.74 Å². The van der Waals surface area contributed by atoms with Gasteiger partial charge in [0.05, 0.1) is 6.54 Å². The van der Waals surface area contributed by atoms with Crippen molar-refractivity contribution in [2.24, 2.45) is 5.92 Å². The third kappa shape index (κ3) is 3.80. The molecule has 19 heavy (non-hydrogen) atoms.